The van der Waals surface area contributed by atoms with E-state index in [0.717, 1.165) is 5.56 Å². The predicted octanol–water partition coefficient (Wildman–Crippen LogP) is 2.77. The number of alkyl carbamates (subject to hydrolysis) is 1. The van der Waals surface area contributed by atoms with E-state index in [2.05, 4.69) is 15.6 Å². The predicted molar refractivity (Wildman–Crippen MR) is 123 cm³/mol. The van der Waals surface area contributed by atoms with Crippen LogP contribution in [-0.2, 0) is 38.6 Å². The number of ether oxygens (including phenoxy) is 1. The van der Waals surface area contributed by atoms with Crippen molar-refractivity contribution in [1.82, 2.24) is 15.6 Å². The standard InChI is InChI=1S/C25H31N3O6/c1-16(2)11-20(28-25(32)33-15-17-7-4-3-5-8-17)21(29)12-18-13-22-27-14-19(34-22)9-6-10-26-24(31)23(18)30/h3-5,7-8,14,16,18,20H,6,9-13,15H2,1-2H3,(H,26,31)(H,28,32). The quantitative estimate of drug-likeness (QED) is 0.569. The van der Waals surface area contributed by atoms with Gasteiger partial charge < -0.3 is 19.8 Å². The lowest BCUT2D eigenvalue weighted by molar-refractivity contribution is -0.141. The van der Waals surface area contributed by atoms with Gasteiger partial charge in [-0.25, -0.2) is 9.78 Å². The number of fused-ring (bicyclic) bond motifs is 2. The summed E-state index contributed by atoms with van der Waals surface area (Å²) < 4.78 is 10.9. The van der Waals surface area contributed by atoms with Gasteiger partial charge in [-0.2, -0.15) is 0 Å². The summed E-state index contributed by atoms with van der Waals surface area (Å²) in [6.45, 7) is 4.25. The summed E-state index contributed by atoms with van der Waals surface area (Å²) in [7, 11) is 0. The minimum atomic E-state index is -0.936. The Labute approximate surface area is 198 Å². The van der Waals surface area contributed by atoms with Crippen LogP contribution in [0, 0.1) is 11.8 Å². The van der Waals surface area contributed by atoms with E-state index in [9.17, 15) is 19.2 Å². The molecule has 0 saturated carbocycles. The Balaban J connectivity index is 1.68. The number of nitrogens with one attached hydrogen (secondary N) is 2. The van der Waals surface area contributed by atoms with Crippen molar-refractivity contribution < 1.29 is 28.3 Å². The summed E-state index contributed by atoms with van der Waals surface area (Å²) in [5, 5.41) is 5.24. The van der Waals surface area contributed by atoms with Gasteiger partial charge in [0, 0.05) is 31.7 Å². The maximum Gasteiger partial charge on any atom is 0.408 e. The zero-order valence-electron chi connectivity index (χ0n) is 19.5. The van der Waals surface area contributed by atoms with Gasteiger partial charge in [0.05, 0.1) is 12.2 Å². The number of hydrogen-bond donors (Lipinski definition) is 2. The van der Waals surface area contributed by atoms with E-state index in [-0.39, 0.29) is 31.1 Å². The fourth-order valence-corrected chi connectivity index (χ4v) is 3.80. The second kappa shape index (κ2) is 12.1. The lowest BCUT2D eigenvalue weighted by Gasteiger charge is -2.21. The first-order chi connectivity index (χ1) is 16.3. The first-order valence-electron chi connectivity index (χ1n) is 11.6. The third-order valence-electron chi connectivity index (χ3n) is 5.55. The van der Waals surface area contributed by atoms with Gasteiger partial charge in [-0.15, -0.1) is 0 Å². The highest BCUT2D eigenvalue weighted by Crippen LogP contribution is 2.19. The first kappa shape index (κ1) is 25.1. The highest BCUT2D eigenvalue weighted by atomic mass is 16.5. The number of carbonyl (C=O) groups is 4. The SMILES string of the molecule is CC(C)CC(NC(=O)OCc1ccccc1)C(=O)CC1Cc2ncc(o2)CCCNC(=O)C1=O. The maximum absolute atomic E-state index is 13.2. The van der Waals surface area contributed by atoms with Gasteiger partial charge in [0.15, 0.2) is 11.7 Å². The molecule has 2 unspecified atom stereocenters. The largest absolute Gasteiger partial charge is 0.446 e. The van der Waals surface area contributed by atoms with E-state index in [1.807, 2.05) is 44.2 Å². The molecule has 0 radical (unpaired) electrons. The molecule has 2 aromatic rings. The zero-order valence-corrected chi connectivity index (χ0v) is 19.5. The monoisotopic (exact) mass is 469 g/mol. The highest BCUT2D eigenvalue weighted by molar-refractivity contribution is 6.37. The van der Waals surface area contributed by atoms with Crippen LogP contribution in [0.4, 0.5) is 4.79 Å². The van der Waals surface area contributed by atoms with Crippen LogP contribution >= 0.6 is 0 Å². The van der Waals surface area contributed by atoms with E-state index in [1.165, 1.54) is 0 Å². The van der Waals surface area contributed by atoms with Gasteiger partial charge in [-0.1, -0.05) is 44.2 Å². The number of ketones is 2. The molecule has 2 amide bonds. The average molecular weight is 470 g/mol. The molecular weight excluding hydrogens is 438 g/mol. The fourth-order valence-electron chi connectivity index (χ4n) is 3.80. The number of benzene rings is 1. The van der Waals surface area contributed by atoms with Gasteiger partial charge in [-0.3, -0.25) is 14.4 Å². The van der Waals surface area contributed by atoms with Crippen LogP contribution < -0.4 is 10.6 Å². The zero-order chi connectivity index (χ0) is 24.5. The number of rotatable bonds is 8. The lowest BCUT2D eigenvalue weighted by atomic mass is 9.89. The van der Waals surface area contributed by atoms with Crippen molar-refractivity contribution >= 4 is 23.6 Å². The summed E-state index contributed by atoms with van der Waals surface area (Å²) in [5.41, 5.74) is 0.823. The Morgan fingerprint density at radius 2 is 2.00 bits per heavy atom. The van der Waals surface area contributed by atoms with E-state index in [4.69, 9.17) is 9.15 Å². The average Bonchev–Trinajstić information content (AvgIpc) is 3.25. The molecule has 0 fully saturated rings. The van der Waals surface area contributed by atoms with Gasteiger partial charge in [0.25, 0.3) is 5.91 Å². The van der Waals surface area contributed by atoms with E-state index in [1.54, 1.807) is 6.20 Å². The summed E-state index contributed by atoms with van der Waals surface area (Å²) in [6, 6.07) is 8.35. The molecule has 1 aromatic heterocycles. The number of carbonyl (C=O) groups excluding carboxylic acids is 4. The second-order valence-electron chi connectivity index (χ2n) is 8.90. The Bertz CT molecular complexity index is 1000. The van der Waals surface area contributed by atoms with Crippen molar-refractivity contribution in [3.63, 3.8) is 0 Å². The van der Waals surface area contributed by atoms with Gasteiger partial charge in [-0.05, 0) is 24.3 Å². The van der Waals surface area contributed by atoms with E-state index in [0.29, 0.717) is 37.5 Å². The molecule has 34 heavy (non-hydrogen) atoms. The van der Waals surface area contributed by atoms with E-state index < -0.39 is 29.7 Å². The first-order valence-corrected chi connectivity index (χ1v) is 11.6. The fraction of sp³-hybridized carbons (Fsp3) is 0.480. The lowest BCUT2D eigenvalue weighted by Crippen LogP contribution is -2.44. The van der Waals surface area contributed by atoms with Gasteiger partial charge in [0.1, 0.15) is 12.4 Å². The summed E-state index contributed by atoms with van der Waals surface area (Å²) in [5.74, 6) is -1.61. The molecule has 0 spiro atoms. The number of oxazole rings is 1. The van der Waals surface area contributed by atoms with Crippen LogP contribution in [0.3, 0.4) is 0 Å². The highest BCUT2D eigenvalue weighted by Gasteiger charge is 2.33. The second-order valence-corrected chi connectivity index (χ2v) is 8.90. The van der Waals surface area contributed by atoms with E-state index >= 15 is 0 Å². The molecule has 0 saturated heterocycles. The molecule has 1 aliphatic heterocycles. The number of nitrogens with zero attached hydrogens (tertiary/aromatic N) is 1. The molecule has 3 rings (SSSR count). The van der Waals surface area contributed by atoms with Gasteiger partial charge in [0.2, 0.25) is 5.78 Å². The minimum absolute atomic E-state index is 0.0326. The van der Waals surface area contributed by atoms with Crippen LogP contribution in [0.2, 0.25) is 0 Å². The Morgan fingerprint density at radius 1 is 1.24 bits per heavy atom. The molecule has 2 N–H and O–H groups in total. The topological polar surface area (TPSA) is 128 Å². The Kier molecular flexibility index (Phi) is 8.95. The maximum atomic E-state index is 13.2. The molecule has 9 heteroatoms. The number of aryl methyl sites for hydroxylation is 1. The van der Waals surface area contributed by atoms with Crippen LogP contribution in [0.15, 0.2) is 40.9 Å². The molecule has 2 heterocycles. The van der Waals surface area contributed by atoms with Crippen molar-refractivity contribution in [1.29, 1.82) is 0 Å². The normalized spacial score (nSPS) is 17.4. The summed E-state index contributed by atoms with van der Waals surface area (Å²) in [6.07, 6.45) is 2.28. The third kappa shape index (κ3) is 7.54. The van der Waals surface area contributed by atoms with Crippen LogP contribution in [-0.4, -0.2) is 41.1 Å². The smallest absolute Gasteiger partial charge is 0.408 e. The van der Waals surface area contributed by atoms with Crippen LogP contribution in [0.1, 0.15) is 50.3 Å². The van der Waals surface area contributed by atoms with Crippen molar-refractivity contribution in [2.24, 2.45) is 11.8 Å². The molecule has 9 nitrogen and oxygen atoms in total. The van der Waals surface area contributed by atoms with Crippen LogP contribution in [0.25, 0.3) is 0 Å². The summed E-state index contributed by atoms with van der Waals surface area (Å²) >= 11 is 0. The molecule has 1 aromatic carbocycles. The van der Waals surface area contributed by atoms with Gasteiger partial charge >= 0.3 is 6.09 Å². The summed E-state index contributed by atoms with van der Waals surface area (Å²) in [4.78, 5) is 54.9. The Hall–Kier alpha value is -3.49. The Morgan fingerprint density at radius 3 is 2.74 bits per heavy atom. The number of aromatic nitrogens is 1. The number of amides is 2. The third-order valence-corrected chi connectivity index (χ3v) is 5.55. The number of Topliss-reactive ketones (excluding diaryl/α,β-unsaturated/α-hetero) is 2. The van der Waals surface area contributed by atoms with Crippen molar-refractivity contribution in [2.45, 2.75) is 58.6 Å². The van der Waals surface area contributed by atoms with Crippen molar-refractivity contribution in [2.75, 3.05) is 6.54 Å². The molecule has 2 bridgehead atoms. The number of hydrogen-bond acceptors (Lipinski definition) is 7. The molecule has 182 valence electrons. The molecule has 1 aliphatic rings. The minimum Gasteiger partial charge on any atom is -0.446 e. The van der Waals surface area contributed by atoms with Crippen molar-refractivity contribution in [3.05, 3.63) is 53.7 Å². The molecular formula is C25H31N3O6. The molecule has 0 aliphatic carbocycles. The van der Waals surface area contributed by atoms with Crippen molar-refractivity contribution in [3.8, 4) is 0 Å². The van der Waals surface area contributed by atoms with Crippen LogP contribution in [0.5, 0.6) is 0 Å². The molecule has 2 atom stereocenters.